The molecule has 0 unspecified atom stereocenters. The SMILES string of the molecule is COc1ccccc1N/N=C(\C)C(=O)O. The third kappa shape index (κ3) is 2.98. The number of aliphatic carboxylic acids is 1. The maximum absolute atomic E-state index is 10.5. The van der Waals surface area contributed by atoms with Crippen LogP contribution in [-0.4, -0.2) is 23.9 Å². The summed E-state index contributed by atoms with van der Waals surface area (Å²) in [6, 6.07) is 7.12. The first kappa shape index (κ1) is 11.0. The summed E-state index contributed by atoms with van der Waals surface area (Å²) in [5, 5.41) is 12.3. The topological polar surface area (TPSA) is 70.9 Å². The third-order valence-corrected chi connectivity index (χ3v) is 1.76. The molecule has 0 bridgehead atoms. The summed E-state index contributed by atoms with van der Waals surface area (Å²) >= 11 is 0. The normalized spacial score (nSPS) is 10.9. The van der Waals surface area contributed by atoms with E-state index in [4.69, 9.17) is 9.84 Å². The number of hydrazone groups is 1. The van der Waals surface area contributed by atoms with Gasteiger partial charge in [-0.05, 0) is 19.1 Å². The van der Waals surface area contributed by atoms with Crippen molar-refractivity contribution < 1.29 is 14.6 Å². The van der Waals surface area contributed by atoms with Gasteiger partial charge in [-0.15, -0.1) is 0 Å². The minimum Gasteiger partial charge on any atom is -0.495 e. The van der Waals surface area contributed by atoms with Crippen LogP contribution in [0.25, 0.3) is 0 Å². The van der Waals surface area contributed by atoms with E-state index < -0.39 is 5.97 Å². The summed E-state index contributed by atoms with van der Waals surface area (Å²) < 4.78 is 5.06. The molecule has 0 saturated carbocycles. The maximum atomic E-state index is 10.5. The molecule has 15 heavy (non-hydrogen) atoms. The third-order valence-electron chi connectivity index (χ3n) is 1.76. The zero-order valence-corrected chi connectivity index (χ0v) is 8.52. The molecule has 0 aliphatic heterocycles. The molecule has 0 amide bonds. The first-order chi connectivity index (χ1) is 7.15. The molecule has 0 aliphatic rings. The smallest absolute Gasteiger partial charge is 0.351 e. The van der Waals surface area contributed by atoms with Gasteiger partial charge in [0, 0.05) is 0 Å². The highest BCUT2D eigenvalue weighted by molar-refractivity contribution is 6.34. The molecular weight excluding hydrogens is 196 g/mol. The van der Waals surface area contributed by atoms with Crippen molar-refractivity contribution in [1.29, 1.82) is 0 Å². The van der Waals surface area contributed by atoms with E-state index in [-0.39, 0.29) is 5.71 Å². The number of nitrogens with zero attached hydrogens (tertiary/aromatic N) is 1. The summed E-state index contributed by atoms with van der Waals surface area (Å²) in [5.74, 6) is -0.447. The Balaban J connectivity index is 2.81. The van der Waals surface area contributed by atoms with Crippen molar-refractivity contribution in [1.82, 2.24) is 0 Å². The highest BCUT2D eigenvalue weighted by atomic mass is 16.5. The number of rotatable bonds is 4. The molecule has 5 nitrogen and oxygen atoms in total. The van der Waals surface area contributed by atoms with Crippen LogP contribution in [0, 0.1) is 0 Å². The van der Waals surface area contributed by atoms with Gasteiger partial charge in [0.1, 0.15) is 11.5 Å². The Labute approximate surface area is 87.4 Å². The number of ether oxygens (including phenoxy) is 1. The number of nitrogens with one attached hydrogen (secondary N) is 1. The number of carboxylic acids is 1. The largest absolute Gasteiger partial charge is 0.495 e. The Hall–Kier alpha value is -2.04. The van der Waals surface area contributed by atoms with Crippen molar-refractivity contribution in [3.63, 3.8) is 0 Å². The van der Waals surface area contributed by atoms with Crippen LogP contribution in [0.4, 0.5) is 5.69 Å². The van der Waals surface area contributed by atoms with Crippen molar-refractivity contribution in [2.75, 3.05) is 12.5 Å². The van der Waals surface area contributed by atoms with Crippen molar-refractivity contribution in [3.8, 4) is 5.75 Å². The number of carbonyl (C=O) groups is 1. The number of benzene rings is 1. The van der Waals surface area contributed by atoms with Gasteiger partial charge >= 0.3 is 5.97 Å². The predicted octanol–water partition coefficient (Wildman–Crippen LogP) is 1.57. The first-order valence-electron chi connectivity index (χ1n) is 4.31. The van der Waals surface area contributed by atoms with Gasteiger partial charge in [0.15, 0.2) is 0 Å². The van der Waals surface area contributed by atoms with Crippen LogP contribution in [0.1, 0.15) is 6.92 Å². The van der Waals surface area contributed by atoms with E-state index in [9.17, 15) is 4.79 Å². The van der Waals surface area contributed by atoms with Gasteiger partial charge in [-0.25, -0.2) is 4.79 Å². The predicted molar refractivity (Wildman–Crippen MR) is 57.4 cm³/mol. The summed E-state index contributed by atoms with van der Waals surface area (Å²) in [4.78, 5) is 10.5. The molecule has 2 N–H and O–H groups in total. The summed E-state index contributed by atoms with van der Waals surface area (Å²) in [7, 11) is 1.54. The molecule has 0 aromatic heterocycles. The maximum Gasteiger partial charge on any atom is 0.351 e. The van der Waals surface area contributed by atoms with Gasteiger partial charge in [0.25, 0.3) is 0 Å². The molecule has 0 fully saturated rings. The Bertz CT molecular complexity index is 388. The lowest BCUT2D eigenvalue weighted by atomic mass is 10.3. The molecule has 0 radical (unpaired) electrons. The molecule has 0 spiro atoms. The van der Waals surface area contributed by atoms with E-state index in [0.29, 0.717) is 11.4 Å². The van der Waals surface area contributed by atoms with Crippen LogP contribution < -0.4 is 10.2 Å². The van der Waals surface area contributed by atoms with Crippen molar-refractivity contribution in [3.05, 3.63) is 24.3 Å². The summed E-state index contributed by atoms with van der Waals surface area (Å²) in [6.45, 7) is 1.41. The Morgan fingerprint density at radius 1 is 1.47 bits per heavy atom. The van der Waals surface area contributed by atoms with E-state index in [2.05, 4.69) is 10.5 Å². The van der Waals surface area contributed by atoms with Crippen molar-refractivity contribution >= 4 is 17.4 Å². The van der Waals surface area contributed by atoms with Gasteiger partial charge in [-0.1, -0.05) is 12.1 Å². The fourth-order valence-electron chi connectivity index (χ4n) is 0.929. The monoisotopic (exact) mass is 208 g/mol. The number of anilines is 1. The zero-order valence-electron chi connectivity index (χ0n) is 8.52. The Morgan fingerprint density at radius 3 is 2.73 bits per heavy atom. The van der Waals surface area contributed by atoms with E-state index in [1.807, 2.05) is 6.07 Å². The molecule has 80 valence electrons. The molecule has 0 aliphatic carbocycles. The molecule has 5 heteroatoms. The van der Waals surface area contributed by atoms with Crippen LogP contribution in [0.2, 0.25) is 0 Å². The Morgan fingerprint density at radius 2 is 2.13 bits per heavy atom. The number of para-hydroxylation sites is 2. The lowest BCUT2D eigenvalue weighted by Gasteiger charge is -2.06. The zero-order chi connectivity index (χ0) is 11.3. The van der Waals surface area contributed by atoms with Gasteiger partial charge in [0.2, 0.25) is 0 Å². The van der Waals surface area contributed by atoms with E-state index in [1.54, 1.807) is 18.2 Å². The average Bonchev–Trinajstić information content (AvgIpc) is 2.26. The molecule has 1 rings (SSSR count). The molecule has 0 saturated heterocycles. The fraction of sp³-hybridized carbons (Fsp3) is 0.200. The second kappa shape index (κ2) is 4.99. The molecule has 0 atom stereocenters. The number of carboxylic acid groups (broad SMARTS) is 1. The van der Waals surface area contributed by atoms with Crippen molar-refractivity contribution in [2.24, 2.45) is 5.10 Å². The van der Waals surface area contributed by atoms with Crippen molar-refractivity contribution in [2.45, 2.75) is 6.92 Å². The van der Waals surface area contributed by atoms with Crippen LogP contribution in [0.5, 0.6) is 5.75 Å². The first-order valence-corrected chi connectivity index (χ1v) is 4.31. The highest BCUT2D eigenvalue weighted by Crippen LogP contribution is 2.22. The average molecular weight is 208 g/mol. The second-order valence-electron chi connectivity index (χ2n) is 2.81. The number of methoxy groups -OCH3 is 1. The van der Waals surface area contributed by atoms with Gasteiger partial charge in [-0.3, -0.25) is 5.43 Å². The summed E-state index contributed by atoms with van der Waals surface area (Å²) in [5.41, 5.74) is 3.24. The van der Waals surface area contributed by atoms with Gasteiger partial charge in [-0.2, -0.15) is 5.10 Å². The number of hydrogen-bond acceptors (Lipinski definition) is 4. The van der Waals surface area contributed by atoms with Crippen LogP contribution >= 0.6 is 0 Å². The van der Waals surface area contributed by atoms with Gasteiger partial charge in [0.05, 0.1) is 12.8 Å². The molecule has 1 aromatic carbocycles. The fourth-order valence-corrected chi connectivity index (χ4v) is 0.929. The molecule has 1 aromatic rings. The van der Waals surface area contributed by atoms with Crippen LogP contribution in [-0.2, 0) is 4.79 Å². The quantitative estimate of drug-likeness (QED) is 0.582. The Kier molecular flexibility index (Phi) is 3.68. The standard InChI is InChI=1S/C10H12N2O3/c1-7(10(13)14)11-12-8-5-3-4-6-9(8)15-2/h3-6,12H,1-2H3,(H,13,14)/b11-7+. The van der Waals surface area contributed by atoms with Crippen LogP contribution in [0.15, 0.2) is 29.4 Å². The van der Waals surface area contributed by atoms with E-state index >= 15 is 0 Å². The highest BCUT2D eigenvalue weighted by Gasteiger charge is 2.03. The molecule has 0 heterocycles. The lowest BCUT2D eigenvalue weighted by Crippen LogP contribution is -2.10. The van der Waals surface area contributed by atoms with E-state index in [1.165, 1.54) is 14.0 Å². The number of hydrogen-bond donors (Lipinski definition) is 2. The second-order valence-corrected chi connectivity index (χ2v) is 2.81. The molecular formula is C10H12N2O3. The minimum atomic E-state index is -1.06. The lowest BCUT2D eigenvalue weighted by molar-refractivity contribution is -0.129. The minimum absolute atomic E-state index is 0.0130. The summed E-state index contributed by atoms with van der Waals surface area (Å²) in [6.07, 6.45) is 0. The van der Waals surface area contributed by atoms with Gasteiger partial charge < -0.3 is 9.84 Å². The van der Waals surface area contributed by atoms with E-state index in [0.717, 1.165) is 0 Å². The van der Waals surface area contributed by atoms with Crippen LogP contribution in [0.3, 0.4) is 0 Å².